The standard InChI is InChI=1S/C24H46O3P.BrH/c1-22(2)10-5-11-23(3)12-6-13-24(4)14-21-28(18-7-15-25,19-8-16-26)20-9-17-27;/h10,12,14,25-27H,5-9,11,13,15-21H2,1-4H3;1H/q+1;/p-1/b23-12+,24-14+;. The first-order valence-corrected chi connectivity index (χ1v) is 13.5. The fourth-order valence-corrected chi connectivity index (χ4v) is 7.87. The summed E-state index contributed by atoms with van der Waals surface area (Å²) in [6.45, 7) is 9.46. The lowest BCUT2D eigenvalue weighted by atomic mass is 10.1. The molecule has 0 fully saturated rings. The van der Waals surface area contributed by atoms with Crippen LogP contribution >= 0.6 is 7.26 Å². The van der Waals surface area contributed by atoms with E-state index >= 15 is 0 Å². The minimum absolute atomic E-state index is 0. The molecule has 0 aromatic carbocycles. The van der Waals surface area contributed by atoms with Crippen LogP contribution < -0.4 is 17.0 Å². The SMILES string of the molecule is CC(C)=CCC/C(C)=C/CC/C(C)=C/C[P+](CCCO)(CCCO)CCCO.[Br-]. The van der Waals surface area contributed by atoms with Gasteiger partial charge in [-0.25, -0.2) is 0 Å². The summed E-state index contributed by atoms with van der Waals surface area (Å²) in [6, 6.07) is 0. The molecule has 3 N–H and O–H groups in total. The van der Waals surface area contributed by atoms with Gasteiger partial charge in [0.05, 0.1) is 24.6 Å². The Balaban J connectivity index is 0. The Morgan fingerprint density at radius 1 is 0.655 bits per heavy atom. The average Bonchev–Trinajstić information content (AvgIpc) is 2.66. The van der Waals surface area contributed by atoms with Crippen molar-refractivity contribution in [2.45, 2.75) is 72.6 Å². The van der Waals surface area contributed by atoms with E-state index in [2.05, 4.69) is 45.9 Å². The molecule has 0 spiro atoms. The molecule has 0 saturated heterocycles. The Labute approximate surface area is 191 Å². The number of halogens is 1. The van der Waals surface area contributed by atoms with E-state index in [0.717, 1.165) is 69.6 Å². The predicted octanol–water partition coefficient (Wildman–Crippen LogP) is 2.57. The fourth-order valence-electron chi connectivity index (χ4n) is 3.52. The van der Waals surface area contributed by atoms with Gasteiger partial charge in [0.25, 0.3) is 0 Å². The van der Waals surface area contributed by atoms with Crippen molar-refractivity contribution < 1.29 is 32.3 Å². The normalized spacial score (nSPS) is 12.7. The molecule has 0 bridgehead atoms. The fraction of sp³-hybridized carbons (Fsp3) is 0.750. The first-order chi connectivity index (χ1) is 13.4. The number of allylic oxidation sites excluding steroid dienone is 6. The highest BCUT2D eigenvalue weighted by molar-refractivity contribution is 7.76. The van der Waals surface area contributed by atoms with Crippen LogP contribution in [0.4, 0.5) is 0 Å². The van der Waals surface area contributed by atoms with Crippen molar-refractivity contribution >= 4 is 7.26 Å². The molecule has 0 rings (SSSR count). The topological polar surface area (TPSA) is 60.7 Å². The lowest BCUT2D eigenvalue weighted by molar-refractivity contribution is -0.00000953. The van der Waals surface area contributed by atoms with Gasteiger partial charge in [-0.05, 0) is 59.5 Å². The molecule has 0 amide bonds. The van der Waals surface area contributed by atoms with Gasteiger partial charge in [-0.15, -0.1) is 0 Å². The Morgan fingerprint density at radius 3 is 1.48 bits per heavy atom. The van der Waals surface area contributed by atoms with Crippen LogP contribution in [0, 0.1) is 0 Å². The van der Waals surface area contributed by atoms with E-state index in [-0.39, 0.29) is 36.8 Å². The largest absolute Gasteiger partial charge is 1.00 e. The second kappa shape index (κ2) is 19.9. The molecule has 0 radical (unpaired) electrons. The van der Waals surface area contributed by atoms with Gasteiger partial charge < -0.3 is 32.3 Å². The maximum atomic E-state index is 9.31. The molecule has 0 aromatic rings. The lowest BCUT2D eigenvalue weighted by Gasteiger charge is -2.26. The first-order valence-electron chi connectivity index (χ1n) is 11.0. The van der Waals surface area contributed by atoms with Crippen LogP contribution in [-0.2, 0) is 0 Å². The first kappa shape index (κ1) is 31.2. The van der Waals surface area contributed by atoms with Crippen molar-refractivity contribution in [1.82, 2.24) is 0 Å². The van der Waals surface area contributed by atoms with E-state index in [0.29, 0.717) is 0 Å². The highest BCUT2D eigenvalue weighted by Gasteiger charge is 2.34. The highest BCUT2D eigenvalue weighted by atomic mass is 79.9. The summed E-state index contributed by atoms with van der Waals surface area (Å²) in [6.07, 6.45) is 18.4. The van der Waals surface area contributed by atoms with E-state index in [1.54, 1.807) is 0 Å². The van der Waals surface area contributed by atoms with E-state index in [1.165, 1.54) is 16.7 Å². The Hall–Kier alpha value is 0.0100. The third-order valence-corrected chi connectivity index (χ3v) is 10.1. The Morgan fingerprint density at radius 2 is 1.07 bits per heavy atom. The third kappa shape index (κ3) is 17.4. The second-order valence-electron chi connectivity index (χ2n) is 8.39. The molecule has 0 heterocycles. The van der Waals surface area contributed by atoms with Crippen LogP contribution in [0.15, 0.2) is 34.9 Å². The van der Waals surface area contributed by atoms with Gasteiger partial charge in [0.2, 0.25) is 0 Å². The summed E-state index contributed by atoms with van der Waals surface area (Å²) in [5.74, 6) is 0. The molecule has 0 aliphatic heterocycles. The third-order valence-electron chi connectivity index (χ3n) is 5.32. The van der Waals surface area contributed by atoms with E-state index in [1.807, 2.05) is 0 Å². The Bertz CT molecular complexity index is 461. The van der Waals surface area contributed by atoms with Crippen LogP contribution in [0.5, 0.6) is 0 Å². The molecule has 0 saturated carbocycles. The number of hydrogen-bond acceptors (Lipinski definition) is 3. The van der Waals surface area contributed by atoms with Gasteiger partial charge >= 0.3 is 0 Å². The van der Waals surface area contributed by atoms with Crippen LogP contribution in [0.25, 0.3) is 0 Å². The molecular weight excluding hydrogens is 447 g/mol. The molecule has 0 aliphatic carbocycles. The van der Waals surface area contributed by atoms with Gasteiger partial charge in [-0.3, -0.25) is 0 Å². The summed E-state index contributed by atoms with van der Waals surface area (Å²) < 4.78 is 0. The predicted molar refractivity (Wildman–Crippen MR) is 127 cm³/mol. The lowest BCUT2D eigenvalue weighted by Crippen LogP contribution is -3.00. The van der Waals surface area contributed by atoms with Gasteiger partial charge in [-0.1, -0.05) is 28.9 Å². The second-order valence-corrected chi connectivity index (χ2v) is 12.8. The van der Waals surface area contributed by atoms with Crippen molar-refractivity contribution in [3.05, 3.63) is 34.9 Å². The zero-order valence-electron chi connectivity index (χ0n) is 19.3. The molecule has 29 heavy (non-hydrogen) atoms. The summed E-state index contributed by atoms with van der Waals surface area (Å²) in [5, 5.41) is 27.9. The number of aliphatic hydroxyl groups is 3. The summed E-state index contributed by atoms with van der Waals surface area (Å²) >= 11 is 0. The van der Waals surface area contributed by atoms with Crippen molar-refractivity contribution in [2.75, 3.05) is 44.5 Å². The minimum Gasteiger partial charge on any atom is -1.00 e. The van der Waals surface area contributed by atoms with E-state index in [9.17, 15) is 15.3 Å². The van der Waals surface area contributed by atoms with Crippen LogP contribution in [0.2, 0.25) is 0 Å². The van der Waals surface area contributed by atoms with Crippen molar-refractivity contribution in [1.29, 1.82) is 0 Å². The number of rotatable bonds is 17. The van der Waals surface area contributed by atoms with E-state index in [4.69, 9.17) is 0 Å². The number of aliphatic hydroxyl groups excluding tert-OH is 3. The molecule has 0 atom stereocenters. The average molecular weight is 494 g/mol. The molecular formula is C24H46BrO3P. The summed E-state index contributed by atoms with van der Waals surface area (Å²) in [4.78, 5) is 0. The molecule has 172 valence electrons. The van der Waals surface area contributed by atoms with E-state index < -0.39 is 7.26 Å². The van der Waals surface area contributed by atoms with Crippen LogP contribution in [0.3, 0.4) is 0 Å². The monoisotopic (exact) mass is 492 g/mol. The molecule has 0 aromatic heterocycles. The maximum absolute atomic E-state index is 9.31. The molecule has 3 nitrogen and oxygen atoms in total. The minimum atomic E-state index is -1.25. The van der Waals surface area contributed by atoms with Gasteiger partial charge in [0.1, 0.15) is 0 Å². The molecule has 5 heteroatoms. The maximum Gasteiger partial charge on any atom is 0.0776 e. The smallest absolute Gasteiger partial charge is 0.0776 e. The van der Waals surface area contributed by atoms with Gasteiger partial charge in [0.15, 0.2) is 0 Å². The van der Waals surface area contributed by atoms with Crippen molar-refractivity contribution in [3.8, 4) is 0 Å². The van der Waals surface area contributed by atoms with Gasteiger partial charge in [-0.2, -0.15) is 0 Å². The van der Waals surface area contributed by atoms with Crippen LogP contribution in [0.1, 0.15) is 72.6 Å². The summed E-state index contributed by atoms with van der Waals surface area (Å²) in [5.41, 5.74) is 4.30. The van der Waals surface area contributed by atoms with Crippen molar-refractivity contribution in [2.24, 2.45) is 0 Å². The van der Waals surface area contributed by atoms with Crippen molar-refractivity contribution in [3.63, 3.8) is 0 Å². The zero-order chi connectivity index (χ0) is 21.3. The van der Waals surface area contributed by atoms with Gasteiger partial charge in [0, 0.05) is 46.3 Å². The molecule has 0 unspecified atom stereocenters. The number of hydrogen-bond donors (Lipinski definition) is 3. The zero-order valence-corrected chi connectivity index (χ0v) is 21.8. The summed E-state index contributed by atoms with van der Waals surface area (Å²) in [7, 11) is -1.25. The van der Waals surface area contributed by atoms with Crippen LogP contribution in [-0.4, -0.2) is 59.8 Å². The Kier molecular flexibility index (Phi) is 21.5. The quantitative estimate of drug-likeness (QED) is 0.216. The molecule has 0 aliphatic rings. The highest BCUT2D eigenvalue weighted by Crippen LogP contribution is 2.60.